The van der Waals surface area contributed by atoms with Crippen molar-refractivity contribution in [3.8, 4) is 0 Å². The maximum absolute atomic E-state index is 12.0. The molecule has 1 aromatic heterocycles. The highest BCUT2D eigenvalue weighted by atomic mass is 16.5. The van der Waals surface area contributed by atoms with Gasteiger partial charge in [0.05, 0.1) is 17.4 Å². The highest BCUT2D eigenvalue weighted by Crippen LogP contribution is 2.31. The van der Waals surface area contributed by atoms with Crippen LogP contribution in [0.1, 0.15) is 43.5 Å². The number of nitrogen functional groups attached to an aromatic ring is 1. The van der Waals surface area contributed by atoms with E-state index >= 15 is 0 Å². The van der Waals surface area contributed by atoms with Crippen molar-refractivity contribution in [1.29, 1.82) is 0 Å². The lowest BCUT2D eigenvalue weighted by atomic mass is 9.82. The third-order valence-electron chi connectivity index (χ3n) is 3.48. The summed E-state index contributed by atoms with van der Waals surface area (Å²) in [6, 6.07) is 1.60. The molecule has 2 unspecified atom stereocenters. The Hall–Kier alpha value is -1.58. The summed E-state index contributed by atoms with van der Waals surface area (Å²) in [6.45, 7) is 4.41. The van der Waals surface area contributed by atoms with Crippen molar-refractivity contribution < 1.29 is 9.53 Å². The molecule has 0 aromatic carbocycles. The number of ether oxygens (including phenoxy) is 1. The van der Waals surface area contributed by atoms with Gasteiger partial charge in [-0.1, -0.05) is 13.8 Å². The maximum atomic E-state index is 12.0. The molecule has 2 N–H and O–H groups in total. The van der Waals surface area contributed by atoms with Crippen LogP contribution in [0.25, 0.3) is 0 Å². The molecule has 0 saturated heterocycles. The van der Waals surface area contributed by atoms with Crippen LogP contribution in [0, 0.1) is 11.8 Å². The van der Waals surface area contributed by atoms with Gasteiger partial charge < -0.3 is 10.5 Å². The number of nitrogens with zero attached hydrogens (tertiary/aromatic N) is 1. The van der Waals surface area contributed by atoms with E-state index < -0.39 is 0 Å². The van der Waals surface area contributed by atoms with E-state index in [4.69, 9.17) is 10.5 Å². The van der Waals surface area contributed by atoms with Gasteiger partial charge in [-0.25, -0.2) is 4.79 Å². The van der Waals surface area contributed by atoms with E-state index in [1.807, 2.05) is 0 Å². The van der Waals surface area contributed by atoms with Gasteiger partial charge in [-0.3, -0.25) is 4.98 Å². The molecule has 98 valence electrons. The van der Waals surface area contributed by atoms with Crippen LogP contribution in [-0.2, 0) is 4.74 Å². The molecule has 2 atom stereocenters. The van der Waals surface area contributed by atoms with Gasteiger partial charge in [0.15, 0.2) is 0 Å². The van der Waals surface area contributed by atoms with Gasteiger partial charge in [0.25, 0.3) is 0 Å². The fraction of sp³-hybridized carbons (Fsp3) is 0.571. The summed E-state index contributed by atoms with van der Waals surface area (Å²) in [5.74, 6) is 0.892. The third kappa shape index (κ3) is 3.00. The van der Waals surface area contributed by atoms with E-state index in [9.17, 15) is 4.79 Å². The van der Waals surface area contributed by atoms with Crippen molar-refractivity contribution in [3.05, 3.63) is 24.0 Å². The zero-order valence-corrected chi connectivity index (χ0v) is 10.9. The summed E-state index contributed by atoms with van der Waals surface area (Å²) >= 11 is 0. The molecule has 0 bridgehead atoms. The van der Waals surface area contributed by atoms with Gasteiger partial charge in [-0.05, 0) is 37.2 Å². The van der Waals surface area contributed by atoms with Crippen LogP contribution in [0.5, 0.6) is 0 Å². The van der Waals surface area contributed by atoms with E-state index in [2.05, 4.69) is 18.8 Å². The van der Waals surface area contributed by atoms with Crippen LogP contribution in [-0.4, -0.2) is 17.1 Å². The molecule has 0 spiro atoms. The summed E-state index contributed by atoms with van der Waals surface area (Å²) in [5.41, 5.74) is 6.51. The van der Waals surface area contributed by atoms with Crippen LogP contribution < -0.4 is 5.73 Å². The zero-order valence-electron chi connectivity index (χ0n) is 10.9. The number of hydrogen-bond acceptors (Lipinski definition) is 4. The summed E-state index contributed by atoms with van der Waals surface area (Å²) in [4.78, 5) is 15.9. The second kappa shape index (κ2) is 5.38. The van der Waals surface area contributed by atoms with E-state index in [1.54, 1.807) is 12.3 Å². The Morgan fingerprint density at radius 1 is 1.33 bits per heavy atom. The average Bonchev–Trinajstić information content (AvgIpc) is 2.27. The molecular formula is C14H20N2O2. The van der Waals surface area contributed by atoms with Crippen molar-refractivity contribution in [3.63, 3.8) is 0 Å². The predicted molar refractivity (Wildman–Crippen MR) is 70.0 cm³/mol. The van der Waals surface area contributed by atoms with Crippen LogP contribution in [0.2, 0.25) is 0 Å². The molecule has 1 heterocycles. The van der Waals surface area contributed by atoms with E-state index in [-0.39, 0.29) is 12.1 Å². The lowest BCUT2D eigenvalue weighted by molar-refractivity contribution is 0.00816. The highest BCUT2D eigenvalue weighted by molar-refractivity contribution is 5.94. The first-order chi connectivity index (χ1) is 8.56. The van der Waals surface area contributed by atoms with Gasteiger partial charge >= 0.3 is 5.97 Å². The molecule has 0 aliphatic heterocycles. The van der Waals surface area contributed by atoms with Crippen molar-refractivity contribution in [2.24, 2.45) is 11.8 Å². The topological polar surface area (TPSA) is 65.2 Å². The van der Waals surface area contributed by atoms with Crippen molar-refractivity contribution in [2.75, 3.05) is 5.73 Å². The fourth-order valence-corrected chi connectivity index (χ4v) is 2.78. The lowest BCUT2D eigenvalue weighted by Gasteiger charge is -2.31. The number of anilines is 1. The third-order valence-corrected chi connectivity index (χ3v) is 3.48. The average molecular weight is 248 g/mol. The molecule has 4 nitrogen and oxygen atoms in total. The Kier molecular flexibility index (Phi) is 3.84. The Bertz CT molecular complexity index is 424. The molecule has 1 aliphatic rings. The van der Waals surface area contributed by atoms with Crippen molar-refractivity contribution in [1.82, 2.24) is 4.98 Å². The minimum absolute atomic E-state index is 0.0174. The van der Waals surface area contributed by atoms with Gasteiger partial charge in [0.1, 0.15) is 6.10 Å². The van der Waals surface area contributed by atoms with E-state index in [0.717, 1.165) is 12.8 Å². The first-order valence-corrected chi connectivity index (χ1v) is 6.46. The maximum Gasteiger partial charge on any atom is 0.340 e. The van der Waals surface area contributed by atoms with Gasteiger partial charge in [0, 0.05) is 6.20 Å². The van der Waals surface area contributed by atoms with Crippen molar-refractivity contribution >= 4 is 11.7 Å². The summed E-state index contributed by atoms with van der Waals surface area (Å²) in [7, 11) is 0. The molecule has 4 heteroatoms. The number of rotatable bonds is 2. The molecule has 1 fully saturated rings. The monoisotopic (exact) mass is 248 g/mol. The number of aromatic nitrogens is 1. The minimum Gasteiger partial charge on any atom is -0.459 e. The first kappa shape index (κ1) is 12.9. The number of nitrogens with two attached hydrogens (primary N) is 1. The van der Waals surface area contributed by atoms with Crippen molar-refractivity contribution in [2.45, 2.75) is 39.2 Å². The van der Waals surface area contributed by atoms with Gasteiger partial charge in [-0.2, -0.15) is 0 Å². The molecule has 2 rings (SSSR count). The summed E-state index contributed by atoms with van der Waals surface area (Å²) < 4.78 is 5.55. The fourth-order valence-electron chi connectivity index (χ4n) is 2.78. The molecular weight excluding hydrogens is 228 g/mol. The lowest BCUT2D eigenvalue weighted by Crippen LogP contribution is -2.28. The Morgan fingerprint density at radius 3 is 2.61 bits per heavy atom. The van der Waals surface area contributed by atoms with Gasteiger partial charge in [-0.15, -0.1) is 0 Å². The molecule has 1 aromatic rings. The van der Waals surface area contributed by atoms with Crippen LogP contribution >= 0.6 is 0 Å². The number of pyridine rings is 1. The predicted octanol–water partition coefficient (Wildman–Crippen LogP) is 2.65. The molecule has 1 saturated carbocycles. The molecule has 0 amide bonds. The van der Waals surface area contributed by atoms with E-state index in [0.29, 0.717) is 23.1 Å². The molecule has 0 radical (unpaired) electrons. The van der Waals surface area contributed by atoms with Crippen LogP contribution in [0.4, 0.5) is 5.69 Å². The zero-order chi connectivity index (χ0) is 13.1. The van der Waals surface area contributed by atoms with Crippen LogP contribution in [0.15, 0.2) is 18.5 Å². The quantitative estimate of drug-likeness (QED) is 0.817. The standard InChI is InChI=1S/C14H20N2O2/c1-9-5-10(2)7-11(6-9)18-14(17)12-3-4-16-8-13(12)15/h3-4,8-11H,5-7,15H2,1-2H3. The SMILES string of the molecule is CC1CC(C)CC(OC(=O)c2ccncc2N)C1. The van der Waals surface area contributed by atoms with E-state index in [1.165, 1.54) is 12.6 Å². The second-order valence-electron chi connectivity index (χ2n) is 5.41. The number of hydrogen-bond donors (Lipinski definition) is 1. The number of esters is 1. The minimum atomic E-state index is -0.332. The number of carbonyl (C=O) groups is 1. The number of carbonyl (C=O) groups excluding carboxylic acids is 1. The normalized spacial score (nSPS) is 27.8. The molecule has 18 heavy (non-hydrogen) atoms. The first-order valence-electron chi connectivity index (χ1n) is 6.46. The Balaban J connectivity index is 2.01. The van der Waals surface area contributed by atoms with Crippen LogP contribution in [0.3, 0.4) is 0 Å². The Morgan fingerprint density at radius 2 is 2.00 bits per heavy atom. The second-order valence-corrected chi connectivity index (χ2v) is 5.41. The smallest absolute Gasteiger partial charge is 0.340 e. The summed E-state index contributed by atoms with van der Waals surface area (Å²) in [6.07, 6.45) is 6.15. The Labute approximate surface area is 108 Å². The molecule has 1 aliphatic carbocycles. The largest absolute Gasteiger partial charge is 0.459 e. The summed E-state index contributed by atoms with van der Waals surface area (Å²) in [5, 5.41) is 0. The van der Waals surface area contributed by atoms with Gasteiger partial charge in [0.2, 0.25) is 0 Å². The highest BCUT2D eigenvalue weighted by Gasteiger charge is 2.27.